The van der Waals surface area contributed by atoms with Gasteiger partial charge in [0, 0.05) is 18.7 Å². The van der Waals surface area contributed by atoms with E-state index in [-0.39, 0.29) is 18.8 Å². The van der Waals surface area contributed by atoms with E-state index in [1.54, 1.807) is 0 Å². The van der Waals surface area contributed by atoms with Gasteiger partial charge in [-0.3, -0.25) is 0 Å². The normalized spacial score (nSPS) is 20.9. The van der Waals surface area contributed by atoms with Gasteiger partial charge < -0.3 is 10.1 Å². The molecular formula is C10H9F4NO. The van der Waals surface area contributed by atoms with Gasteiger partial charge in [-0.1, -0.05) is 0 Å². The van der Waals surface area contributed by atoms with Crippen molar-refractivity contribution < 1.29 is 22.3 Å². The van der Waals surface area contributed by atoms with Gasteiger partial charge in [0.2, 0.25) is 6.10 Å². The smallest absolute Gasteiger partial charge is 0.426 e. The molecule has 0 saturated carbocycles. The zero-order chi connectivity index (χ0) is 11.8. The van der Waals surface area contributed by atoms with Crippen molar-refractivity contribution >= 4 is 0 Å². The highest BCUT2D eigenvalue weighted by Crippen LogP contribution is 2.29. The van der Waals surface area contributed by atoms with E-state index in [1.165, 1.54) is 12.1 Å². The lowest BCUT2D eigenvalue weighted by Gasteiger charge is -2.19. The monoisotopic (exact) mass is 235 g/mol. The molecule has 1 aliphatic rings. The van der Waals surface area contributed by atoms with E-state index >= 15 is 0 Å². The summed E-state index contributed by atoms with van der Waals surface area (Å²) >= 11 is 0. The van der Waals surface area contributed by atoms with Crippen LogP contribution in [0, 0.1) is 5.82 Å². The van der Waals surface area contributed by atoms with Crippen molar-refractivity contribution in [1.29, 1.82) is 0 Å². The highest BCUT2D eigenvalue weighted by Gasteiger charge is 2.42. The van der Waals surface area contributed by atoms with Gasteiger partial charge in [-0.2, -0.15) is 13.2 Å². The van der Waals surface area contributed by atoms with Crippen molar-refractivity contribution in [3.8, 4) is 5.75 Å². The summed E-state index contributed by atoms with van der Waals surface area (Å²) < 4.78 is 55.0. The Morgan fingerprint density at radius 3 is 2.75 bits per heavy atom. The second kappa shape index (κ2) is 3.93. The van der Waals surface area contributed by atoms with Crippen LogP contribution in [-0.2, 0) is 6.54 Å². The van der Waals surface area contributed by atoms with E-state index in [0.29, 0.717) is 5.56 Å². The Morgan fingerprint density at radius 2 is 2.06 bits per heavy atom. The lowest BCUT2D eigenvalue weighted by molar-refractivity contribution is -0.192. The Labute approximate surface area is 89.2 Å². The molecule has 0 aliphatic carbocycles. The molecule has 2 nitrogen and oxygen atoms in total. The molecule has 1 heterocycles. The van der Waals surface area contributed by atoms with Crippen molar-refractivity contribution in [3.63, 3.8) is 0 Å². The van der Waals surface area contributed by atoms with Crippen LogP contribution in [0.3, 0.4) is 0 Å². The largest absolute Gasteiger partial charge is 0.479 e. The molecule has 0 saturated heterocycles. The minimum atomic E-state index is -4.43. The molecule has 1 N–H and O–H groups in total. The first kappa shape index (κ1) is 11.2. The topological polar surface area (TPSA) is 21.3 Å². The molecule has 1 aromatic rings. The fraction of sp³-hybridized carbons (Fsp3) is 0.400. The number of rotatable bonds is 0. The summed E-state index contributed by atoms with van der Waals surface area (Å²) in [5, 5.41) is 2.58. The minimum absolute atomic E-state index is 0.0775. The predicted octanol–water partition coefficient (Wildman–Crippen LogP) is 2.24. The standard InChI is InChI=1S/C10H9F4NO/c11-7-1-2-8-6(3-7)4-15-5-9(16-8)10(12,13)14/h1-3,9,15H,4-5H2. The van der Waals surface area contributed by atoms with Crippen LogP contribution in [-0.4, -0.2) is 18.8 Å². The van der Waals surface area contributed by atoms with Crippen LogP contribution in [0.25, 0.3) is 0 Å². The summed E-state index contributed by atoms with van der Waals surface area (Å²) in [5.41, 5.74) is 0.395. The van der Waals surface area contributed by atoms with Gasteiger partial charge >= 0.3 is 6.18 Å². The maximum absolute atomic E-state index is 12.9. The van der Waals surface area contributed by atoms with Crippen molar-refractivity contribution in [2.45, 2.75) is 18.8 Å². The number of fused-ring (bicyclic) bond motifs is 1. The van der Waals surface area contributed by atoms with Crippen LogP contribution in [0.1, 0.15) is 5.56 Å². The average Bonchev–Trinajstić information content (AvgIpc) is 2.38. The van der Waals surface area contributed by atoms with Gasteiger partial charge in [-0.15, -0.1) is 0 Å². The van der Waals surface area contributed by atoms with E-state index in [0.717, 1.165) is 6.07 Å². The quantitative estimate of drug-likeness (QED) is 0.696. The zero-order valence-corrected chi connectivity index (χ0v) is 8.14. The molecule has 88 valence electrons. The van der Waals surface area contributed by atoms with Crippen LogP contribution >= 0.6 is 0 Å². The Kier molecular flexibility index (Phi) is 2.75. The highest BCUT2D eigenvalue weighted by molar-refractivity contribution is 5.34. The summed E-state index contributed by atoms with van der Waals surface area (Å²) in [6, 6.07) is 3.47. The molecule has 1 aliphatic heterocycles. The van der Waals surface area contributed by atoms with Crippen molar-refractivity contribution in [2.75, 3.05) is 6.54 Å². The van der Waals surface area contributed by atoms with E-state index < -0.39 is 18.1 Å². The highest BCUT2D eigenvalue weighted by atomic mass is 19.4. The molecule has 0 bridgehead atoms. The number of ether oxygens (including phenoxy) is 1. The molecule has 2 rings (SSSR count). The molecule has 0 fully saturated rings. The van der Waals surface area contributed by atoms with Gasteiger partial charge in [-0.25, -0.2) is 4.39 Å². The number of hydrogen-bond donors (Lipinski definition) is 1. The summed E-state index contributed by atoms with van der Waals surface area (Å²) in [7, 11) is 0. The van der Waals surface area contributed by atoms with Gasteiger partial charge in [0.05, 0.1) is 0 Å². The van der Waals surface area contributed by atoms with E-state index in [1.807, 2.05) is 0 Å². The van der Waals surface area contributed by atoms with Crippen LogP contribution in [0.2, 0.25) is 0 Å². The lowest BCUT2D eigenvalue weighted by atomic mass is 10.2. The zero-order valence-electron chi connectivity index (χ0n) is 8.14. The Bertz CT molecular complexity index is 391. The molecule has 6 heteroatoms. The van der Waals surface area contributed by atoms with Gasteiger partial charge in [0.15, 0.2) is 0 Å². The fourth-order valence-electron chi connectivity index (χ4n) is 1.52. The third-order valence-corrected chi connectivity index (χ3v) is 2.30. The third-order valence-electron chi connectivity index (χ3n) is 2.30. The van der Waals surface area contributed by atoms with Crippen LogP contribution < -0.4 is 10.1 Å². The SMILES string of the molecule is Fc1ccc2c(c1)CNCC(C(F)(F)F)O2. The minimum Gasteiger partial charge on any atom is -0.479 e. The molecule has 0 aromatic heterocycles. The van der Waals surface area contributed by atoms with E-state index in [4.69, 9.17) is 4.74 Å². The van der Waals surface area contributed by atoms with Crippen molar-refractivity contribution in [1.82, 2.24) is 5.32 Å². The molecule has 1 unspecified atom stereocenters. The Hall–Kier alpha value is -1.30. The van der Waals surface area contributed by atoms with E-state index in [2.05, 4.69) is 5.32 Å². The summed E-state index contributed by atoms with van der Waals surface area (Å²) in [4.78, 5) is 0. The second-order valence-corrected chi connectivity index (χ2v) is 3.53. The molecule has 1 aromatic carbocycles. The summed E-state index contributed by atoms with van der Waals surface area (Å²) in [6.07, 6.45) is -6.32. The van der Waals surface area contributed by atoms with Crippen LogP contribution in [0.4, 0.5) is 17.6 Å². The molecule has 0 spiro atoms. The first-order chi connectivity index (χ1) is 7.47. The first-order valence-corrected chi connectivity index (χ1v) is 4.69. The molecule has 0 amide bonds. The number of alkyl halides is 3. The predicted molar refractivity (Wildman–Crippen MR) is 48.6 cm³/mol. The van der Waals surface area contributed by atoms with E-state index in [9.17, 15) is 17.6 Å². The molecule has 0 radical (unpaired) electrons. The third kappa shape index (κ3) is 2.27. The molecule has 16 heavy (non-hydrogen) atoms. The number of halogens is 4. The number of benzene rings is 1. The fourth-order valence-corrected chi connectivity index (χ4v) is 1.52. The summed E-state index contributed by atoms with van der Waals surface area (Å²) in [5.74, 6) is -0.414. The lowest BCUT2D eigenvalue weighted by Crippen LogP contribution is -2.41. The maximum atomic E-state index is 12.9. The molecule has 1 atom stereocenters. The van der Waals surface area contributed by atoms with Crippen LogP contribution in [0.15, 0.2) is 18.2 Å². The summed E-state index contributed by atoms with van der Waals surface area (Å²) in [6.45, 7) is -0.167. The van der Waals surface area contributed by atoms with Gasteiger partial charge in [0.25, 0.3) is 0 Å². The second-order valence-electron chi connectivity index (χ2n) is 3.53. The number of hydrogen-bond acceptors (Lipinski definition) is 2. The maximum Gasteiger partial charge on any atom is 0.426 e. The van der Waals surface area contributed by atoms with Crippen molar-refractivity contribution in [2.24, 2.45) is 0 Å². The first-order valence-electron chi connectivity index (χ1n) is 4.69. The Morgan fingerprint density at radius 1 is 1.31 bits per heavy atom. The van der Waals surface area contributed by atoms with Crippen LogP contribution in [0.5, 0.6) is 5.75 Å². The Balaban J connectivity index is 2.28. The van der Waals surface area contributed by atoms with Gasteiger partial charge in [-0.05, 0) is 18.2 Å². The average molecular weight is 235 g/mol. The van der Waals surface area contributed by atoms with Gasteiger partial charge in [0.1, 0.15) is 11.6 Å². The number of nitrogens with one attached hydrogen (secondary N) is 1. The van der Waals surface area contributed by atoms with Crippen molar-refractivity contribution in [3.05, 3.63) is 29.6 Å². The molecular weight excluding hydrogens is 226 g/mol.